The van der Waals surface area contributed by atoms with Crippen molar-refractivity contribution in [2.24, 2.45) is 5.73 Å². The van der Waals surface area contributed by atoms with E-state index in [2.05, 4.69) is 19.9 Å². The summed E-state index contributed by atoms with van der Waals surface area (Å²) >= 11 is 0. The van der Waals surface area contributed by atoms with E-state index < -0.39 is 5.91 Å². The molecular formula is C25H31N7O3. The van der Waals surface area contributed by atoms with Crippen molar-refractivity contribution < 1.29 is 14.3 Å². The lowest BCUT2D eigenvalue weighted by molar-refractivity contribution is -0.137. The molecule has 5 rings (SSSR count). The van der Waals surface area contributed by atoms with E-state index >= 15 is 0 Å². The topological polar surface area (TPSA) is 119 Å². The van der Waals surface area contributed by atoms with Crippen molar-refractivity contribution in [3.8, 4) is 0 Å². The van der Waals surface area contributed by atoms with Crippen LogP contribution >= 0.6 is 0 Å². The zero-order valence-electron chi connectivity index (χ0n) is 20.0. The Kier molecular flexibility index (Phi) is 6.63. The number of rotatable bonds is 9. The van der Waals surface area contributed by atoms with Gasteiger partial charge in [-0.1, -0.05) is 0 Å². The van der Waals surface area contributed by atoms with Gasteiger partial charge in [-0.3, -0.25) is 9.59 Å². The molecule has 1 aliphatic heterocycles. The molecule has 0 aromatic carbocycles. The van der Waals surface area contributed by atoms with Crippen LogP contribution in [0.1, 0.15) is 47.7 Å². The van der Waals surface area contributed by atoms with E-state index in [4.69, 9.17) is 10.5 Å². The number of aromatic nitrogens is 4. The van der Waals surface area contributed by atoms with Gasteiger partial charge in [0.2, 0.25) is 11.9 Å². The molecule has 1 saturated carbocycles. The average Bonchev–Trinajstić information content (AvgIpc) is 3.66. The molecule has 0 radical (unpaired) electrons. The van der Waals surface area contributed by atoms with Crippen molar-refractivity contribution in [2.45, 2.75) is 44.2 Å². The van der Waals surface area contributed by atoms with Crippen LogP contribution in [0, 0.1) is 0 Å². The Labute approximate surface area is 204 Å². The van der Waals surface area contributed by atoms with Gasteiger partial charge in [0.05, 0.1) is 6.61 Å². The number of likely N-dealkylation sites (N-methyl/N-ethyl adjacent to an activating group) is 1. The summed E-state index contributed by atoms with van der Waals surface area (Å²) in [7, 11) is 1.85. The molecule has 0 unspecified atom stereocenters. The number of carbonyl (C=O) groups excluding carboxylic acids is 2. The van der Waals surface area contributed by atoms with Crippen LogP contribution in [0.15, 0.2) is 36.8 Å². The highest BCUT2D eigenvalue weighted by Crippen LogP contribution is 2.39. The summed E-state index contributed by atoms with van der Waals surface area (Å²) < 4.78 is 7.57. The number of primary amides is 1. The minimum absolute atomic E-state index is 0.0278. The number of piperidine rings is 1. The third kappa shape index (κ3) is 5.27. The highest BCUT2D eigenvalue weighted by atomic mass is 16.5. The van der Waals surface area contributed by atoms with E-state index in [9.17, 15) is 9.59 Å². The van der Waals surface area contributed by atoms with E-state index in [0.29, 0.717) is 24.7 Å². The summed E-state index contributed by atoms with van der Waals surface area (Å²) in [6, 6.07) is 5.53. The average molecular weight is 478 g/mol. The van der Waals surface area contributed by atoms with Crippen LogP contribution in [0.5, 0.6) is 0 Å². The van der Waals surface area contributed by atoms with Gasteiger partial charge in [0.15, 0.2) is 0 Å². The quantitative estimate of drug-likeness (QED) is 0.468. The first kappa shape index (κ1) is 23.2. The van der Waals surface area contributed by atoms with Gasteiger partial charge >= 0.3 is 0 Å². The molecule has 1 aliphatic carbocycles. The molecule has 10 heteroatoms. The summed E-state index contributed by atoms with van der Waals surface area (Å²) in [5.74, 6) is 0.847. The molecule has 4 heterocycles. The molecule has 35 heavy (non-hydrogen) atoms. The molecule has 0 spiro atoms. The van der Waals surface area contributed by atoms with Gasteiger partial charge in [0.25, 0.3) is 5.91 Å². The fourth-order valence-electron chi connectivity index (χ4n) is 4.58. The number of carbonyl (C=O) groups is 2. The van der Waals surface area contributed by atoms with Crippen LogP contribution in [-0.2, 0) is 16.1 Å². The van der Waals surface area contributed by atoms with Crippen molar-refractivity contribution in [3.63, 3.8) is 0 Å². The molecule has 2 aliphatic rings. The zero-order valence-corrected chi connectivity index (χ0v) is 20.0. The highest BCUT2D eigenvalue weighted by Gasteiger charge is 2.28. The number of hydrogen-bond acceptors (Lipinski definition) is 7. The predicted molar refractivity (Wildman–Crippen MR) is 131 cm³/mol. The van der Waals surface area contributed by atoms with Crippen molar-refractivity contribution in [3.05, 3.63) is 48.0 Å². The lowest BCUT2D eigenvalue weighted by atomic mass is 10.0. The van der Waals surface area contributed by atoms with Gasteiger partial charge in [-0.25, -0.2) is 15.0 Å². The lowest BCUT2D eigenvalue weighted by Gasteiger charge is -2.36. The number of fused-ring (bicyclic) bond motifs is 1. The molecule has 10 nitrogen and oxygen atoms in total. The Morgan fingerprint density at radius 3 is 2.54 bits per heavy atom. The highest BCUT2D eigenvalue weighted by molar-refractivity contribution is 5.93. The summed E-state index contributed by atoms with van der Waals surface area (Å²) in [6.45, 7) is 2.56. The summed E-state index contributed by atoms with van der Waals surface area (Å²) in [6.07, 6.45) is 10.0. The second-order valence-electron chi connectivity index (χ2n) is 9.35. The number of ether oxygens (including phenoxy) is 1. The Hall–Kier alpha value is -3.53. The van der Waals surface area contributed by atoms with E-state index in [-0.39, 0.29) is 24.2 Å². The number of hydrogen-bond donors (Lipinski definition) is 1. The summed E-state index contributed by atoms with van der Waals surface area (Å²) in [4.78, 5) is 41.5. The van der Waals surface area contributed by atoms with Crippen LogP contribution < -0.4 is 10.6 Å². The molecule has 1 saturated heterocycles. The number of anilines is 1. The van der Waals surface area contributed by atoms with Crippen LogP contribution in [-0.4, -0.2) is 75.6 Å². The largest absolute Gasteiger partial charge is 0.370 e. The van der Waals surface area contributed by atoms with E-state index in [1.54, 1.807) is 11.0 Å². The monoisotopic (exact) mass is 477 g/mol. The van der Waals surface area contributed by atoms with Crippen LogP contribution in [0.2, 0.25) is 0 Å². The van der Waals surface area contributed by atoms with Crippen LogP contribution in [0.3, 0.4) is 0 Å². The Morgan fingerprint density at radius 1 is 1.11 bits per heavy atom. The smallest absolute Gasteiger partial charge is 0.267 e. The maximum absolute atomic E-state index is 12.7. The standard InChI is InChI=1S/C25H31N7O3/c1-30(20-7-10-32(11-8-20)25-27-14-19(15-28-25)17-2-3-17)22(33)16-35-13-12-31-9-6-18-4-5-21(23(26)34)29-24(18)31/h4-6,9,14-15,17,20H,2-3,7-8,10-13,16H2,1H3,(H2,26,34). The normalized spacial score (nSPS) is 16.5. The maximum Gasteiger partial charge on any atom is 0.267 e. The number of nitrogens with two attached hydrogens (primary N) is 1. The molecule has 184 valence electrons. The lowest BCUT2D eigenvalue weighted by Crippen LogP contribution is -2.47. The third-order valence-electron chi connectivity index (χ3n) is 6.96. The van der Waals surface area contributed by atoms with Crippen molar-refractivity contribution in [2.75, 3.05) is 38.3 Å². The maximum atomic E-state index is 12.7. The Morgan fingerprint density at radius 2 is 1.86 bits per heavy atom. The van der Waals surface area contributed by atoms with Crippen molar-refractivity contribution >= 4 is 28.8 Å². The van der Waals surface area contributed by atoms with Crippen molar-refractivity contribution in [1.29, 1.82) is 0 Å². The second-order valence-corrected chi connectivity index (χ2v) is 9.35. The van der Waals surface area contributed by atoms with Gasteiger partial charge in [0.1, 0.15) is 17.9 Å². The van der Waals surface area contributed by atoms with E-state index in [1.165, 1.54) is 18.4 Å². The zero-order chi connectivity index (χ0) is 24.4. The fraction of sp³-hybridized carbons (Fsp3) is 0.480. The van der Waals surface area contributed by atoms with Crippen LogP contribution in [0.25, 0.3) is 11.0 Å². The molecule has 3 aromatic heterocycles. The number of amides is 2. The van der Waals surface area contributed by atoms with Crippen molar-refractivity contribution in [1.82, 2.24) is 24.4 Å². The molecule has 0 bridgehead atoms. The third-order valence-corrected chi connectivity index (χ3v) is 6.96. The van der Waals surface area contributed by atoms with Gasteiger partial charge in [-0.2, -0.15) is 0 Å². The molecule has 2 fully saturated rings. The Balaban J connectivity index is 1.06. The fourth-order valence-corrected chi connectivity index (χ4v) is 4.58. The number of nitrogens with zero attached hydrogens (tertiary/aromatic N) is 6. The van der Waals surface area contributed by atoms with Crippen LogP contribution in [0.4, 0.5) is 5.95 Å². The van der Waals surface area contributed by atoms with Gasteiger partial charge in [-0.05, 0) is 55.4 Å². The van der Waals surface area contributed by atoms with Gasteiger partial charge in [0, 0.05) is 56.7 Å². The first-order valence-electron chi connectivity index (χ1n) is 12.2. The Bertz CT molecular complexity index is 1200. The van der Waals surface area contributed by atoms with Gasteiger partial charge < -0.3 is 24.8 Å². The first-order valence-corrected chi connectivity index (χ1v) is 12.2. The SMILES string of the molecule is CN(C(=O)COCCn1ccc2ccc(C(N)=O)nc21)C1CCN(c2ncc(C3CC3)cn2)CC1. The summed E-state index contributed by atoms with van der Waals surface area (Å²) in [5.41, 5.74) is 7.48. The minimum Gasteiger partial charge on any atom is -0.370 e. The van der Waals surface area contributed by atoms with Gasteiger partial charge in [-0.15, -0.1) is 0 Å². The van der Waals surface area contributed by atoms with E-state index in [0.717, 1.165) is 37.3 Å². The predicted octanol–water partition coefficient (Wildman–Crippen LogP) is 1.95. The van der Waals surface area contributed by atoms with E-state index in [1.807, 2.05) is 42.3 Å². The molecule has 2 N–H and O–H groups in total. The molecule has 2 amide bonds. The first-order chi connectivity index (χ1) is 17.0. The molecule has 0 atom stereocenters. The summed E-state index contributed by atoms with van der Waals surface area (Å²) in [5, 5.41) is 0.918. The molecular weight excluding hydrogens is 446 g/mol. The second kappa shape index (κ2) is 9.99. The minimum atomic E-state index is -0.561. The number of pyridine rings is 1. The molecule has 3 aromatic rings.